The molecule has 2 aromatic rings. The Morgan fingerprint density at radius 2 is 1.74 bits per heavy atom. The summed E-state index contributed by atoms with van der Waals surface area (Å²) in [5.41, 5.74) is 1.02. The molecular formula is C18H19NO3S. The minimum Gasteiger partial charge on any atom is -0.462 e. The summed E-state index contributed by atoms with van der Waals surface area (Å²) in [5, 5.41) is 2.79. The zero-order chi connectivity index (χ0) is 17.0. The number of allylic oxidation sites excluding steroid dienone is 1. The van der Waals surface area contributed by atoms with Gasteiger partial charge in [-0.2, -0.15) is 0 Å². The van der Waals surface area contributed by atoms with E-state index in [-0.39, 0.29) is 5.91 Å². The van der Waals surface area contributed by atoms with Gasteiger partial charge in [0.25, 0.3) is 5.91 Å². The highest BCUT2D eigenvalue weighted by Gasteiger charge is 2.13. The lowest BCUT2D eigenvalue weighted by Gasteiger charge is -2.11. The highest BCUT2D eigenvalue weighted by atomic mass is 32.2. The van der Waals surface area contributed by atoms with Gasteiger partial charge in [-0.25, -0.2) is 0 Å². The summed E-state index contributed by atoms with van der Waals surface area (Å²) >= 11 is 0. The van der Waals surface area contributed by atoms with Gasteiger partial charge in [-0.3, -0.25) is 9.00 Å². The number of hydrogen-bond donors (Lipinski definition) is 1. The molecule has 0 aromatic heterocycles. The molecule has 2 rings (SSSR count). The Hall–Kier alpha value is -2.53. The summed E-state index contributed by atoms with van der Waals surface area (Å²) in [7, 11) is -2.26. The van der Waals surface area contributed by atoms with E-state index in [1.807, 2.05) is 0 Å². The topological polar surface area (TPSA) is 55.4 Å². The van der Waals surface area contributed by atoms with Crippen LogP contribution in [0.2, 0.25) is 0 Å². The van der Waals surface area contributed by atoms with Crippen molar-refractivity contribution in [3.63, 3.8) is 0 Å². The second kappa shape index (κ2) is 6.71. The molecule has 1 amide bonds. The average Bonchev–Trinajstić information content (AvgIpc) is 2.46. The number of amides is 1. The van der Waals surface area contributed by atoms with Crippen LogP contribution in [0.15, 0.2) is 65.8 Å². The lowest BCUT2D eigenvalue weighted by molar-refractivity contribution is 0.102. The SMILES string of the molecule is C=C(C)Oc1ccccc1C(=O)Nc1ccc(S(=C)(C)=O)cc1. The van der Waals surface area contributed by atoms with E-state index in [9.17, 15) is 9.00 Å². The minimum atomic E-state index is -2.26. The monoisotopic (exact) mass is 329 g/mol. The smallest absolute Gasteiger partial charge is 0.259 e. The Kier molecular flexibility index (Phi) is 4.91. The van der Waals surface area contributed by atoms with Crippen molar-refractivity contribution < 1.29 is 13.7 Å². The van der Waals surface area contributed by atoms with Crippen molar-refractivity contribution in [2.45, 2.75) is 11.8 Å². The molecule has 1 N–H and O–H groups in total. The molecule has 1 unspecified atom stereocenters. The molecule has 0 aliphatic rings. The third kappa shape index (κ3) is 4.47. The fraction of sp³-hybridized carbons (Fsp3) is 0.111. The molecule has 4 nitrogen and oxygen atoms in total. The van der Waals surface area contributed by atoms with Gasteiger partial charge in [0.2, 0.25) is 0 Å². The summed E-state index contributed by atoms with van der Waals surface area (Å²) in [6, 6.07) is 13.7. The average molecular weight is 329 g/mol. The van der Waals surface area contributed by atoms with Crippen LogP contribution in [-0.2, 0) is 9.52 Å². The molecule has 0 heterocycles. The van der Waals surface area contributed by atoms with Gasteiger partial charge in [0.1, 0.15) is 5.75 Å². The van der Waals surface area contributed by atoms with Gasteiger partial charge in [-0.1, -0.05) is 18.7 Å². The Bertz CT molecular complexity index is 837. The highest BCUT2D eigenvalue weighted by molar-refractivity contribution is 7.99. The normalized spacial score (nSPS) is 13.0. The largest absolute Gasteiger partial charge is 0.462 e. The predicted molar refractivity (Wildman–Crippen MR) is 95.7 cm³/mol. The van der Waals surface area contributed by atoms with E-state index < -0.39 is 9.52 Å². The molecule has 0 bridgehead atoms. The zero-order valence-corrected chi connectivity index (χ0v) is 14.0. The van der Waals surface area contributed by atoms with Crippen LogP contribution in [0.4, 0.5) is 5.69 Å². The molecule has 0 saturated heterocycles. The molecule has 2 aromatic carbocycles. The number of hydrogen-bond acceptors (Lipinski definition) is 3. The molecule has 120 valence electrons. The van der Waals surface area contributed by atoms with Crippen LogP contribution >= 0.6 is 0 Å². The molecule has 23 heavy (non-hydrogen) atoms. The summed E-state index contributed by atoms with van der Waals surface area (Å²) in [5.74, 6) is 4.29. The third-order valence-corrected chi connectivity index (χ3v) is 4.30. The van der Waals surface area contributed by atoms with Crippen LogP contribution in [-0.4, -0.2) is 22.2 Å². The zero-order valence-electron chi connectivity index (χ0n) is 13.2. The van der Waals surface area contributed by atoms with Crippen molar-refractivity contribution in [3.8, 4) is 5.75 Å². The summed E-state index contributed by atoms with van der Waals surface area (Å²) in [4.78, 5) is 13.0. The van der Waals surface area contributed by atoms with E-state index >= 15 is 0 Å². The van der Waals surface area contributed by atoms with Crippen molar-refractivity contribution in [2.75, 3.05) is 11.6 Å². The molecule has 0 radical (unpaired) electrons. The van der Waals surface area contributed by atoms with E-state index in [4.69, 9.17) is 4.74 Å². The van der Waals surface area contributed by atoms with Gasteiger partial charge < -0.3 is 10.1 Å². The molecule has 0 aliphatic heterocycles. The fourth-order valence-electron chi connectivity index (χ4n) is 1.96. The first-order valence-corrected chi connectivity index (χ1v) is 9.07. The van der Waals surface area contributed by atoms with Crippen molar-refractivity contribution in [3.05, 3.63) is 66.4 Å². The van der Waals surface area contributed by atoms with Gasteiger partial charge in [0.15, 0.2) is 0 Å². The Morgan fingerprint density at radius 3 is 2.30 bits per heavy atom. The Labute approximate surface area is 136 Å². The molecular weight excluding hydrogens is 310 g/mol. The first-order chi connectivity index (χ1) is 10.8. The molecule has 0 spiro atoms. The number of para-hydroxylation sites is 1. The van der Waals surface area contributed by atoms with Gasteiger partial charge >= 0.3 is 0 Å². The molecule has 0 fully saturated rings. The maximum absolute atomic E-state index is 12.4. The van der Waals surface area contributed by atoms with Gasteiger partial charge in [-0.05, 0) is 58.7 Å². The highest BCUT2D eigenvalue weighted by Crippen LogP contribution is 2.22. The van der Waals surface area contributed by atoms with Gasteiger partial charge in [-0.15, -0.1) is 0 Å². The van der Waals surface area contributed by atoms with Crippen LogP contribution in [0.3, 0.4) is 0 Å². The number of benzene rings is 2. The maximum atomic E-state index is 12.4. The number of rotatable bonds is 5. The van der Waals surface area contributed by atoms with Gasteiger partial charge in [0, 0.05) is 16.8 Å². The lowest BCUT2D eigenvalue weighted by Crippen LogP contribution is -2.13. The molecule has 5 heteroatoms. The number of ether oxygens (including phenoxy) is 1. The Morgan fingerprint density at radius 1 is 1.13 bits per heavy atom. The number of carbonyl (C=O) groups excluding carboxylic acids is 1. The van der Waals surface area contributed by atoms with Crippen LogP contribution in [0.25, 0.3) is 0 Å². The summed E-state index contributed by atoms with van der Waals surface area (Å²) < 4.78 is 17.3. The van der Waals surface area contributed by atoms with E-state index in [1.165, 1.54) is 0 Å². The minimum absolute atomic E-state index is 0.290. The first kappa shape index (κ1) is 16.8. The number of carbonyl (C=O) groups is 1. The number of nitrogens with one attached hydrogen (secondary N) is 1. The second-order valence-corrected chi connectivity index (χ2v) is 7.77. The van der Waals surface area contributed by atoms with Crippen LogP contribution in [0, 0.1) is 0 Å². The van der Waals surface area contributed by atoms with E-state index in [2.05, 4.69) is 17.8 Å². The van der Waals surface area contributed by atoms with Crippen molar-refractivity contribution in [1.29, 1.82) is 0 Å². The van der Waals surface area contributed by atoms with Crippen molar-refractivity contribution >= 4 is 27.0 Å². The summed E-state index contributed by atoms with van der Waals surface area (Å²) in [6.07, 6.45) is 1.58. The predicted octanol–water partition coefficient (Wildman–Crippen LogP) is 3.56. The lowest BCUT2D eigenvalue weighted by atomic mass is 10.2. The second-order valence-electron chi connectivity index (χ2n) is 5.28. The Balaban J connectivity index is 2.21. The molecule has 1 atom stereocenters. The third-order valence-electron chi connectivity index (χ3n) is 3.03. The van der Waals surface area contributed by atoms with Crippen molar-refractivity contribution in [1.82, 2.24) is 0 Å². The van der Waals surface area contributed by atoms with Crippen LogP contribution in [0.5, 0.6) is 5.75 Å². The van der Waals surface area contributed by atoms with E-state index in [1.54, 1.807) is 61.7 Å². The maximum Gasteiger partial charge on any atom is 0.259 e. The van der Waals surface area contributed by atoms with E-state index in [0.717, 1.165) is 0 Å². The quantitative estimate of drug-likeness (QED) is 0.674. The van der Waals surface area contributed by atoms with Crippen LogP contribution < -0.4 is 10.1 Å². The standard InChI is InChI=1S/C18H19NO3S/c1-13(2)22-17-8-6-5-7-16(17)18(20)19-14-9-11-15(12-10-14)23(3,4)21/h5-12H,1,3H2,2,4H3,(H,19,20). The first-order valence-electron chi connectivity index (χ1n) is 6.93. The van der Waals surface area contributed by atoms with Crippen LogP contribution in [0.1, 0.15) is 17.3 Å². The fourth-order valence-corrected chi connectivity index (χ4v) is 2.67. The van der Waals surface area contributed by atoms with E-state index in [0.29, 0.717) is 27.7 Å². The summed E-state index contributed by atoms with van der Waals surface area (Å²) in [6.45, 7) is 5.40. The molecule has 0 saturated carbocycles. The molecule has 0 aliphatic carbocycles. The van der Waals surface area contributed by atoms with Gasteiger partial charge in [0.05, 0.1) is 11.3 Å². The number of anilines is 1. The van der Waals surface area contributed by atoms with Crippen molar-refractivity contribution in [2.24, 2.45) is 0 Å².